The van der Waals surface area contributed by atoms with Gasteiger partial charge in [-0.15, -0.1) is 10.2 Å². The predicted molar refractivity (Wildman–Crippen MR) is 136 cm³/mol. The lowest BCUT2D eigenvalue weighted by Gasteiger charge is -2.14. The maximum absolute atomic E-state index is 6.43. The van der Waals surface area contributed by atoms with Gasteiger partial charge < -0.3 is 9.47 Å². The topological polar surface area (TPSA) is 49.2 Å². The van der Waals surface area contributed by atoms with Crippen molar-refractivity contribution in [3.8, 4) is 28.6 Å². The molecule has 0 bridgehead atoms. The van der Waals surface area contributed by atoms with Crippen LogP contribution < -0.4 is 9.47 Å². The smallest absolute Gasteiger partial charge is 0.196 e. The predicted octanol–water partition coefficient (Wildman–Crippen LogP) is 7.06. The second kappa shape index (κ2) is 10.8. The minimum atomic E-state index is 0.493. The Balaban J connectivity index is 1.74. The number of hydrogen-bond donors (Lipinski definition) is 0. The molecule has 33 heavy (non-hydrogen) atoms. The molecule has 0 fully saturated rings. The molecule has 0 aliphatic rings. The summed E-state index contributed by atoms with van der Waals surface area (Å²) in [6, 6.07) is 21.1. The van der Waals surface area contributed by atoms with Gasteiger partial charge >= 0.3 is 0 Å². The van der Waals surface area contributed by atoms with Crippen LogP contribution in [0.5, 0.6) is 11.5 Å². The van der Waals surface area contributed by atoms with E-state index in [1.165, 1.54) is 0 Å². The van der Waals surface area contributed by atoms with E-state index in [-0.39, 0.29) is 0 Å². The van der Waals surface area contributed by atoms with Crippen molar-refractivity contribution in [1.29, 1.82) is 0 Å². The molecule has 4 aromatic rings. The summed E-state index contributed by atoms with van der Waals surface area (Å²) in [7, 11) is 3.20. The lowest BCUT2D eigenvalue weighted by atomic mass is 10.2. The van der Waals surface area contributed by atoms with Gasteiger partial charge in [0.05, 0.1) is 30.5 Å². The zero-order chi connectivity index (χ0) is 23.2. The maximum Gasteiger partial charge on any atom is 0.196 e. The Hall–Kier alpha value is -2.93. The molecule has 0 amide bonds. The number of rotatable bonds is 8. The average molecular weight is 498 g/mol. The van der Waals surface area contributed by atoms with Crippen molar-refractivity contribution in [3.05, 3.63) is 88.4 Å². The van der Waals surface area contributed by atoms with Crippen molar-refractivity contribution in [2.24, 2.45) is 0 Å². The molecular weight excluding hydrogens is 477 g/mol. The van der Waals surface area contributed by atoms with E-state index in [2.05, 4.69) is 34.5 Å². The van der Waals surface area contributed by atoms with Gasteiger partial charge in [-0.3, -0.25) is 4.57 Å². The van der Waals surface area contributed by atoms with Gasteiger partial charge in [-0.1, -0.05) is 77.4 Å². The zero-order valence-electron chi connectivity index (χ0n) is 18.0. The molecular formula is C25H21Cl2N3O2S. The lowest BCUT2D eigenvalue weighted by Crippen LogP contribution is -2.01. The Kier molecular flexibility index (Phi) is 7.60. The first-order chi connectivity index (χ1) is 16.1. The van der Waals surface area contributed by atoms with Crippen LogP contribution in [0.1, 0.15) is 5.56 Å². The molecule has 1 heterocycles. The molecule has 8 heteroatoms. The average Bonchev–Trinajstić information content (AvgIpc) is 3.26. The second-order valence-corrected chi connectivity index (χ2v) is 8.76. The van der Waals surface area contributed by atoms with Crippen LogP contribution in [-0.2, 0) is 0 Å². The van der Waals surface area contributed by atoms with Crippen LogP contribution >= 0.6 is 35.0 Å². The Labute approximate surface area is 207 Å². The molecule has 0 unspecified atom stereocenters. The number of nitrogens with zero attached hydrogens (tertiary/aromatic N) is 3. The van der Waals surface area contributed by atoms with Crippen molar-refractivity contribution < 1.29 is 9.47 Å². The number of benzene rings is 3. The van der Waals surface area contributed by atoms with Crippen molar-refractivity contribution in [2.45, 2.75) is 5.16 Å². The van der Waals surface area contributed by atoms with E-state index >= 15 is 0 Å². The first-order valence-electron chi connectivity index (χ1n) is 10.1. The number of aromatic nitrogens is 3. The van der Waals surface area contributed by atoms with E-state index in [1.54, 1.807) is 32.0 Å². The van der Waals surface area contributed by atoms with Gasteiger partial charge in [0.1, 0.15) is 11.5 Å². The van der Waals surface area contributed by atoms with Crippen molar-refractivity contribution in [1.82, 2.24) is 14.8 Å². The Morgan fingerprint density at radius 1 is 0.909 bits per heavy atom. The second-order valence-electron chi connectivity index (χ2n) is 6.93. The van der Waals surface area contributed by atoms with Crippen LogP contribution in [0.25, 0.3) is 23.2 Å². The highest BCUT2D eigenvalue weighted by molar-refractivity contribution is 7.99. The third-order valence-corrected chi connectivity index (χ3v) is 6.26. The van der Waals surface area contributed by atoms with Crippen molar-refractivity contribution >= 4 is 41.0 Å². The fourth-order valence-electron chi connectivity index (χ4n) is 3.29. The van der Waals surface area contributed by atoms with Crippen LogP contribution in [0.15, 0.2) is 78.0 Å². The molecule has 0 spiro atoms. The first-order valence-corrected chi connectivity index (χ1v) is 11.8. The molecule has 5 nitrogen and oxygen atoms in total. The summed E-state index contributed by atoms with van der Waals surface area (Å²) in [6.45, 7) is 0. The largest absolute Gasteiger partial charge is 0.496 e. The number of halogens is 2. The molecule has 0 saturated heterocycles. The number of hydrogen-bond acceptors (Lipinski definition) is 5. The van der Waals surface area contributed by atoms with E-state index in [0.717, 1.165) is 16.8 Å². The highest BCUT2D eigenvalue weighted by Crippen LogP contribution is 2.36. The highest BCUT2D eigenvalue weighted by atomic mass is 35.5. The van der Waals surface area contributed by atoms with Gasteiger partial charge in [0.15, 0.2) is 11.0 Å². The monoisotopic (exact) mass is 497 g/mol. The third kappa shape index (κ3) is 5.36. The highest BCUT2D eigenvalue weighted by Gasteiger charge is 2.20. The summed E-state index contributed by atoms with van der Waals surface area (Å²) in [5, 5.41) is 10.7. The fraction of sp³-hybridized carbons (Fsp3) is 0.120. The van der Waals surface area contributed by atoms with Crippen LogP contribution in [0.2, 0.25) is 10.0 Å². The normalized spacial score (nSPS) is 11.2. The van der Waals surface area contributed by atoms with Gasteiger partial charge in [0.2, 0.25) is 0 Å². The van der Waals surface area contributed by atoms with E-state index in [0.29, 0.717) is 38.3 Å². The Bertz CT molecular complexity index is 1280. The van der Waals surface area contributed by atoms with Gasteiger partial charge in [-0.2, -0.15) is 0 Å². The van der Waals surface area contributed by atoms with Crippen LogP contribution in [0.4, 0.5) is 0 Å². The summed E-state index contributed by atoms with van der Waals surface area (Å²) in [4.78, 5) is 0. The van der Waals surface area contributed by atoms with E-state index < -0.39 is 0 Å². The van der Waals surface area contributed by atoms with Crippen molar-refractivity contribution in [2.75, 3.05) is 20.0 Å². The minimum absolute atomic E-state index is 0.493. The Morgan fingerprint density at radius 3 is 2.39 bits per heavy atom. The quantitative estimate of drug-likeness (QED) is 0.243. The van der Waals surface area contributed by atoms with Crippen LogP contribution in [-0.4, -0.2) is 34.7 Å². The van der Waals surface area contributed by atoms with Crippen molar-refractivity contribution in [3.63, 3.8) is 0 Å². The molecule has 0 aliphatic heterocycles. The number of methoxy groups -OCH3 is 2. The number of ether oxygens (including phenoxy) is 2. The summed E-state index contributed by atoms with van der Waals surface area (Å²) >= 11 is 14.3. The molecule has 0 saturated carbocycles. The van der Waals surface area contributed by atoms with E-state index in [4.69, 9.17) is 32.7 Å². The first kappa shape index (κ1) is 23.2. The molecule has 0 atom stereocenters. The molecule has 1 aromatic heterocycles. The van der Waals surface area contributed by atoms with Crippen LogP contribution in [0, 0.1) is 0 Å². The zero-order valence-corrected chi connectivity index (χ0v) is 20.4. The maximum atomic E-state index is 6.43. The van der Waals surface area contributed by atoms with Gasteiger partial charge in [0, 0.05) is 10.8 Å². The minimum Gasteiger partial charge on any atom is -0.496 e. The number of thioether (sulfide) groups is 1. The van der Waals surface area contributed by atoms with E-state index in [1.807, 2.05) is 53.1 Å². The fourth-order valence-corrected chi connectivity index (χ4v) is 4.48. The van der Waals surface area contributed by atoms with Gasteiger partial charge in [0.25, 0.3) is 0 Å². The third-order valence-electron chi connectivity index (χ3n) is 4.85. The molecule has 168 valence electrons. The lowest BCUT2D eigenvalue weighted by molar-refractivity contribution is 0.415. The van der Waals surface area contributed by atoms with Gasteiger partial charge in [-0.25, -0.2) is 0 Å². The van der Waals surface area contributed by atoms with E-state index in [9.17, 15) is 0 Å². The summed E-state index contributed by atoms with van der Waals surface area (Å²) in [5.41, 5.74) is 2.68. The molecule has 0 radical (unpaired) electrons. The molecule has 4 rings (SSSR count). The molecule has 0 aliphatic carbocycles. The molecule has 3 aromatic carbocycles. The summed E-state index contributed by atoms with van der Waals surface area (Å²) in [6.07, 6.45) is 4.18. The summed E-state index contributed by atoms with van der Waals surface area (Å²) in [5.74, 6) is 2.55. The van der Waals surface area contributed by atoms with Crippen LogP contribution in [0.3, 0.4) is 0 Å². The summed E-state index contributed by atoms with van der Waals surface area (Å²) < 4.78 is 12.8. The SMILES string of the molecule is COc1ccc(-n2c(SC/C=C/c3ccccc3)nnc2-c2cc(Cl)ccc2OC)cc1Cl. The van der Waals surface area contributed by atoms with Gasteiger partial charge in [-0.05, 0) is 42.0 Å². The molecule has 0 N–H and O–H groups in total. The Morgan fingerprint density at radius 2 is 1.67 bits per heavy atom. The standard InChI is InChI=1S/C25H21Cl2N3O2S/c1-31-22-12-10-18(26)15-20(22)24-28-29-25(33-14-6-9-17-7-4-3-5-8-17)30(24)19-11-13-23(32-2)21(27)16-19/h3-13,15-16H,14H2,1-2H3/b9-6+.